The number of carbonyl (C=O) groups excluding carboxylic acids is 1. The van der Waals surface area contributed by atoms with E-state index in [1.165, 1.54) is 0 Å². The number of rotatable bonds is 5. The van der Waals surface area contributed by atoms with Crippen LogP contribution in [0.25, 0.3) is 0 Å². The second-order valence-electron chi connectivity index (χ2n) is 7.05. The summed E-state index contributed by atoms with van der Waals surface area (Å²) in [5, 5.41) is 3.41. The Morgan fingerprint density at radius 2 is 1.96 bits per heavy atom. The van der Waals surface area contributed by atoms with Crippen LogP contribution in [0, 0.1) is 5.92 Å². The minimum Gasteiger partial charge on any atom is -0.480 e. The largest absolute Gasteiger partial charge is 0.480 e. The molecule has 1 aliphatic rings. The third kappa shape index (κ3) is 5.63. The number of carbonyl (C=O) groups is 1. The SMILES string of the molecule is COc1nccnc1CNCC1CCN(C(=O)OC(C)(C)C)CC1. The van der Waals surface area contributed by atoms with Gasteiger partial charge in [0.15, 0.2) is 0 Å². The van der Waals surface area contributed by atoms with E-state index in [0.29, 0.717) is 18.3 Å². The van der Waals surface area contributed by atoms with Crippen molar-refractivity contribution in [3.8, 4) is 5.88 Å². The maximum absolute atomic E-state index is 12.0. The number of ether oxygens (including phenoxy) is 2. The summed E-state index contributed by atoms with van der Waals surface area (Å²) in [4.78, 5) is 22.3. The molecule has 1 aliphatic heterocycles. The third-order valence-electron chi connectivity index (χ3n) is 3.92. The van der Waals surface area contributed by atoms with Crippen LogP contribution >= 0.6 is 0 Å². The highest BCUT2D eigenvalue weighted by atomic mass is 16.6. The standard InChI is InChI=1S/C17H28N4O3/c1-17(2,3)24-16(22)21-9-5-13(6-10-21)11-18-12-14-15(23-4)20-8-7-19-14/h7-8,13,18H,5-6,9-12H2,1-4H3. The van der Waals surface area contributed by atoms with Gasteiger partial charge in [0.1, 0.15) is 11.3 Å². The molecule has 24 heavy (non-hydrogen) atoms. The summed E-state index contributed by atoms with van der Waals surface area (Å²) in [6.45, 7) is 8.68. The Morgan fingerprint density at radius 3 is 2.58 bits per heavy atom. The fourth-order valence-electron chi connectivity index (χ4n) is 2.69. The molecular weight excluding hydrogens is 308 g/mol. The molecule has 1 aromatic rings. The van der Waals surface area contributed by atoms with Crippen molar-refractivity contribution in [3.05, 3.63) is 18.1 Å². The Labute approximate surface area is 143 Å². The lowest BCUT2D eigenvalue weighted by Crippen LogP contribution is -2.43. The fraction of sp³-hybridized carbons (Fsp3) is 0.706. The molecule has 0 bridgehead atoms. The first-order chi connectivity index (χ1) is 11.4. The lowest BCUT2D eigenvalue weighted by Gasteiger charge is -2.33. The fourth-order valence-corrected chi connectivity index (χ4v) is 2.69. The zero-order valence-corrected chi connectivity index (χ0v) is 15.0. The van der Waals surface area contributed by atoms with Crippen molar-refractivity contribution in [2.75, 3.05) is 26.7 Å². The first-order valence-corrected chi connectivity index (χ1v) is 8.41. The number of amides is 1. The van der Waals surface area contributed by atoms with Gasteiger partial charge in [-0.05, 0) is 46.1 Å². The minimum absolute atomic E-state index is 0.210. The number of methoxy groups -OCH3 is 1. The van der Waals surface area contributed by atoms with Gasteiger partial charge < -0.3 is 19.7 Å². The molecule has 0 unspecified atom stereocenters. The Kier molecular flexibility index (Phi) is 6.36. The molecular formula is C17H28N4O3. The third-order valence-corrected chi connectivity index (χ3v) is 3.92. The van der Waals surface area contributed by atoms with Crippen molar-refractivity contribution in [2.24, 2.45) is 5.92 Å². The Bertz CT molecular complexity index is 537. The first kappa shape index (κ1) is 18.4. The summed E-state index contributed by atoms with van der Waals surface area (Å²) < 4.78 is 10.6. The lowest BCUT2D eigenvalue weighted by atomic mass is 9.97. The molecule has 1 saturated heterocycles. The van der Waals surface area contributed by atoms with E-state index in [0.717, 1.165) is 38.2 Å². The minimum atomic E-state index is -0.439. The van der Waals surface area contributed by atoms with Crippen LogP contribution < -0.4 is 10.1 Å². The lowest BCUT2D eigenvalue weighted by molar-refractivity contribution is 0.0184. The van der Waals surface area contributed by atoms with E-state index in [1.54, 1.807) is 24.4 Å². The van der Waals surface area contributed by atoms with E-state index in [-0.39, 0.29) is 6.09 Å². The van der Waals surface area contributed by atoms with Gasteiger partial charge in [0.05, 0.1) is 7.11 Å². The second kappa shape index (κ2) is 8.28. The summed E-state index contributed by atoms with van der Waals surface area (Å²) in [7, 11) is 1.60. The Hall–Kier alpha value is -1.89. The van der Waals surface area contributed by atoms with Crippen molar-refractivity contribution >= 4 is 6.09 Å². The van der Waals surface area contributed by atoms with E-state index in [1.807, 2.05) is 20.8 Å². The van der Waals surface area contributed by atoms with Gasteiger partial charge in [-0.15, -0.1) is 0 Å². The van der Waals surface area contributed by atoms with Crippen LogP contribution in [0.1, 0.15) is 39.3 Å². The van der Waals surface area contributed by atoms with Crippen molar-refractivity contribution in [3.63, 3.8) is 0 Å². The second-order valence-corrected chi connectivity index (χ2v) is 7.05. The van der Waals surface area contributed by atoms with Crippen LogP contribution in [0.2, 0.25) is 0 Å². The molecule has 1 amide bonds. The Morgan fingerprint density at radius 1 is 1.29 bits per heavy atom. The summed E-state index contributed by atoms with van der Waals surface area (Å²) in [6.07, 6.45) is 5.03. The highest BCUT2D eigenvalue weighted by Gasteiger charge is 2.26. The van der Waals surface area contributed by atoms with Crippen molar-refractivity contribution in [1.82, 2.24) is 20.2 Å². The molecule has 2 rings (SSSR count). The zero-order chi connectivity index (χ0) is 17.6. The van der Waals surface area contributed by atoms with E-state index in [2.05, 4.69) is 15.3 Å². The van der Waals surface area contributed by atoms with Gasteiger partial charge >= 0.3 is 6.09 Å². The molecule has 0 saturated carbocycles. The van der Waals surface area contributed by atoms with E-state index in [4.69, 9.17) is 9.47 Å². The number of piperidine rings is 1. The first-order valence-electron chi connectivity index (χ1n) is 8.41. The van der Waals surface area contributed by atoms with Gasteiger partial charge in [-0.1, -0.05) is 0 Å². The van der Waals surface area contributed by atoms with Gasteiger partial charge in [-0.2, -0.15) is 0 Å². The number of nitrogens with one attached hydrogen (secondary N) is 1. The van der Waals surface area contributed by atoms with Crippen LogP contribution in [0.4, 0.5) is 4.79 Å². The molecule has 0 aromatic carbocycles. The highest BCUT2D eigenvalue weighted by Crippen LogP contribution is 2.19. The van der Waals surface area contributed by atoms with Crippen molar-refractivity contribution < 1.29 is 14.3 Å². The molecule has 7 nitrogen and oxygen atoms in total. The number of hydrogen-bond acceptors (Lipinski definition) is 6. The summed E-state index contributed by atoms with van der Waals surface area (Å²) in [5.74, 6) is 1.11. The van der Waals surface area contributed by atoms with Crippen molar-refractivity contribution in [1.29, 1.82) is 0 Å². The quantitative estimate of drug-likeness (QED) is 0.888. The molecule has 1 fully saturated rings. The number of hydrogen-bond donors (Lipinski definition) is 1. The molecule has 7 heteroatoms. The number of nitrogens with zero attached hydrogens (tertiary/aromatic N) is 3. The van der Waals surface area contributed by atoms with Crippen LogP contribution in [-0.2, 0) is 11.3 Å². The monoisotopic (exact) mass is 336 g/mol. The number of aromatic nitrogens is 2. The van der Waals surface area contributed by atoms with Gasteiger partial charge in [0.25, 0.3) is 0 Å². The topological polar surface area (TPSA) is 76.6 Å². The highest BCUT2D eigenvalue weighted by molar-refractivity contribution is 5.68. The van der Waals surface area contributed by atoms with E-state index in [9.17, 15) is 4.79 Å². The molecule has 134 valence electrons. The maximum Gasteiger partial charge on any atom is 0.410 e. The van der Waals surface area contributed by atoms with E-state index >= 15 is 0 Å². The average molecular weight is 336 g/mol. The molecule has 0 atom stereocenters. The predicted molar refractivity (Wildman–Crippen MR) is 90.8 cm³/mol. The average Bonchev–Trinajstić information content (AvgIpc) is 2.54. The maximum atomic E-state index is 12.0. The van der Waals surface area contributed by atoms with Gasteiger partial charge in [0.2, 0.25) is 5.88 Å². The van der Waals surface area contributed by atoms with Gasteiger partial charge in [-0.25, -0.2) is 9.78 Å². The van der Waals surface area contributed by atoms with Crippen LogP contribution in [0.15, 0.2) is 12.4 Å². The summed E-state index contributed by atoms with van der Waals surface area (Å²) >= 11 is 0. The zero-order valence-electron chi connectivity index (χ0n) is 15.0. The van der Waals surface area contributed by atoms with E-state index < -0.39 is 5.60 Å². The molecule has 1 N–H and O–H groups in total. The van der Waals surface area contributed by atoms with Crippen LogP contribution in [0.3, 0.4) is 0 Å². The number of likely N-dealkylation sites (tertiary alicyclic amines) is 1. The van der Waals surface area contributed by atoms with Gasteiger partial charge in [0, 0.05) is 32.0 Å². The summed E-state index contributed by atoms with van der Waals surface area (Å²) in [5.41, 5.74) is 0.372. The van der Waals surface area contributed by atoms with Gasteiger partial charge in [-0.3, -0.25) is 4.98 Å². The summed E-state index contributed by atoms with van der Waals surface area (Å²) in [6, 6.07) is 0. The molecule has 1 aromatic heterocycles. The van der Waals surface area contributed by atoms with Crippen molar-refractivity contribution in [2.45, 2.75) is 45.8 Å². The molecule has 0 spiro atoms. The normalized spacial score (nSPS) is 16.1. The molecule has 2 heterocycles. The van der Waals surface area contributed by atoms with Crippen LogP contribution in [-0.4, -0.2) is 53.3 Å². The molecule has 0 radical (unpaired) electrons. The smallest absolute Gasteiger partial charge is 0.410 e. The molecule has 0 aliphatic carbocycles. The van der Waals surface area contributed by atoms with Crippen LogP contribution in [0.5, 0.6) is 5.88 Å². The predicted octanol–water partition coefficient (Wildman–Crippen LogP) is 2.22. The Balaban J connectivity index is 1.71.